The zero-order valence-corrected chi connectivity index (χ0v) is 9.37. The molecule has 0 bridgehead atoms. The Morgan fingerprint density at radius 3 is 2.17 bits per heavy atom. The smallest absolute Gasteiger partial charge is 0.376 e. The van der Waals surface area contributed by atoms with Gasteiger partial charge in [-0.15, -0.1) is 0 Å². The van der Waals surface area contributed by atoms with Crippen LogP contribution in [0, 0.1) is 0 Å². The molecule has 0 rings (SSSR count). The van der Waals surface area contributed by atoms with Crippen LogP contribution in [0.2, 0.25) is 0 Å². The normalized spacial score (nSPS) is 11.7. The van der Waals surface area contributed by atoms with E-state index in [1.165, 1.54) is 5.54 Å². The largest absolute Gasteiger partial charge is 0.484 e. The fourth-order valence-corrected chi connectivity index (χ4v) is 1.76. The zero-order chi connectivity index (χ0) is 9.23. The molecular formula is C7H15ClO3Si. The van der Waals surface area contributed by atoms with Gasteiger partial charge in [0, 0.05) is 18.7 Å². The summed E-state index contributed by atoms with van der Waals surface area (Å²) in [7, 11) is -1.88. The SMILES string of the molecule is CCO[SiH](OCC)OCC=CCl. The maximum Gasteiger partial charge on any atom is 0.484 e. The topological polar surface area (TPSA) is 27.7 Å². The third kappa shape index (κ3) is 6.81. The van der Waals surface area contributed by atoms with Gasteiger partial charge in [0.25, 0.3) is 0 Å². The summed E-state index contributed by atoms with van der Waals surface area (Å²) in [6.45, 7) is 5.54. The second kappa shape index (κ2) is 9.22. The molecule has 0 aliphatic heterocycles. The van der Waals surface area contributed by atoms with E-state index < -0.39 is 9.53 Å². The van der Waals surface area contributed by atoms with Crippen LogP contribution in [0.5, 0.6) is 0 Å². The Morgan fingerprint density at radius 2 is 1.75 bits per heavy atom. The molecular weight excluding hydrogens is 196 g/mol. The van der Waals surface area contributed by atoms with Gasteiger partial charge in [0.2, 0.25) is 0 Å². The highest BCUT2D eigenvalue weighted by Crippen LogP contribution is 1.93. The molecule has 0 aliphatic rings. The molecule has 72 valence electrons. The van der Waals surface area contributed by atoms with E-state index in [1.54, 1.807) is 6.08 Å². The first-order chi connectivity index (χ1) is 5.85. The molecule has 0 aromatic heterocycles. The monoisotopic (exact) mass is 210 g/mol. The molecule has 0 fully saturated rings. The van der Waals surface area contributed by atoms with Crippen molar-refractivity contribution in [2.45, 2.75) is 13.8 Å². The van der Waals surface area contributed by atoms with Crippen LogP contribution in [0.25, 0.3) is 0 Å². The highest BCUT2D eigenvalue weighted by atomic mass is 35.5. The molecule has 0 heterocycles. The Morgan fingerprint density at radius 1 is 1.17 bits per heavy atom. The molecule has 0 unspecified atom stereocenters. The Bertz CT molecular complexity index is 115. The van der Waals surface area contributed by atoms with E-state index in [0.29, 0.717) is 19.8 Å². The van der Waals surface area contributed by atoms with Crippen LogP contribution in [-0.4, -0.2) is 29.3 Å². The summed E-state index contributed by atoms with van der Waals surface area (Å²) < 4.78 is 15.8. The van der Waals surface area contributed by atoms with E-state index in [0.717, 1.165) is 0 Å². The molecule has 0 aliphatic carbocycles. The molecule has 0 spiro atoms. The fraction of sp³-hybridized carbons (Fsp3) is 0.714. The van der Waals surface area contributed by atoms with Crippen molar-refractivity contribution >= 4 is 21.1 Å². The maximum absolute atomic E-state index is 5.31. The van der Waals surface area contributed by atoms with E-state index in [9.17, 15) is 0 Å². The molecule has 0 amide bonds. The van der Waals surface area contributed by atoms with E-state index >= 15 is 0 Å². The lowest BCUT2D eigenvalue weighted by Gasteiger charge is -2.13. The van der Waals surface area contributed by atoms with Crippen LogP contribution < -0.4 is 0 Å². The highest BCUT2D eigenvalue weighted by molar-refractivity contribution is 6.36. The fourth-order valence-electron chi connectivity index (χ4n) is 0.587. The Hall–Kier alpha value is 0.127. The summed E-state index contributed by atoms with van der Waals surface area (Å²) in [6.07, 6.45) is 1.71. The Labute approximate surface area is 80.2 Å². The Balaban J connectivity index is 3.47. The minimum Gasteiger partial charge on any atom is -0.376 e. The van der Waals surface area contributed by atoms with Gasteiger partial charge in [0.1, 0.15) is 0 Å². The quantitative estimate of drug-likeness (QED) is 0.597. The summed E-state index contributed by atoms with van der Waals surface area (Å²) in [6, 6.07) is 0. The maximum atomic E-state index is 5.31. The number of hydrogen-bond donors (Lipinski definition) is 0. The zero-order valence-electron chi connectivity index (χ0n) is 7.46. The summed E-state index contributed by atoms with van der Waals surface area (Å²) in [5, 5.41) is 0. The molecule has 0 radical (unpaired) electrons. The average Bonchev–Trinajstić information content (AvgIpc) is 2.06. The second-order valence-corrected chi connectivity index (χ2v) is 3.72. The molecule has 5 heteroatoms. The Kier molecular flexibility index (Phi) is 9.31. The lowest BCUT2D eigenvalue weighted by molar-refractivity contribution is 0.112. The average molecular weight is 211 g/mol. The number of rotatable bonds is 7. The van der Waals surface area contributed by atoms with E-state index in [1.807, 2.05) is 13.8 Å². The van der Waals surface area contributed by atoms with Gasteiger partial charge < -0.3 is 13.3 Å². The van der Waals surface area contributed by atoms with Crippen LogP contribution in [0.4, 0.5) is 0 Å². The van der Waals surface area contributed by atoms with Gasteiger partial charge in [-0.1, -0.05) is 11.6 Å². The van der Waals surface area contributed by atoms with Crippen LogP contribution in [0.1, 0.15) is 13.8 Å². The van der Waals surface area contributed by atoms with Crippen molar-refractivity contribution in [2.24, 2.45) is 0 Å². The third-order valence-electron chi connectivity index (χ3n) is 1.02. The van der Waals surface area contributed by atoms with Gasteiger partial charge in [-0.2, -0.15) is 0 Å². The molecule has 0 saturated carbocycles. The molecule has 3 nitrogen and oxygen atoms in total. The molecule has 0 atom stereocenters. The van der Waals surface area contributed by atoms with Crippen molar-refractivity contribution in [2.75, 3.05) is 19.8 Å². The van der Waals surface area contributed by atoms with Gasteiger partial charge in [-0.05, 0) is 19.9 Å². The molecule has 12 heavy (non-hydrogen) atoms. The van der Waals surface area contributed by atoms with Crippen molar-refractivity contribution in [3.05, 3.63) is 11.6 Å². The van der Waals surface area contributed by atoms with Crippen molar-refractivity contribution in [1.82, 2.24) is 0 Å². The predicted octanol–water partition coefficient (Wildman–Crippen LogP) is 1.55. The van der Waals surface area contributed by atoms with Crippen molar-refractivity contribution in [3.8, 4) is 0 Å². The van der Waals surface area contributed by atoms with Gasteiger partial charge in [0.15, 0.2) is 0 Å². The highest BCUT2D eigenvalue weighted by Gasteiger charge is 2.11. The molecule has 0 saturated heterocycles. The summed E-state index contributed by atoms with van der Waals surface area (Å²) in [5.74, 6) is 0. The van der Waals surface area contributed by atoms with Gasteiger partial charge >= 0.3 is 9.53 Å². The molecule has 0 aromatic rings. The van der Waals surface area contributed by atoms with E-state index in [2.05, 4.69) is 0 Å². The first-order valence-corrected chi connectivity index (χ1v) is 5.80. The number of hydrogen-bond acceptors (Lipinski definition) is 3. The number of halogens is 1. The summed E-state index contributed by atoms with van der Waals surface area (Å²) in [5.41, 5.74) is 1.42. The van der Waals surface area contributed by atoms with Crippen LogP contribution in [-0.2, 0) is 13.3 Å². The van der Waals surface area contributed by atoms with Crippen molar-refractivity contribution in [1.29, 1.82) is 0 Å². The van der Waals surface area contributed by atoms with Gasteiger partial charge in [-0.3, -0.25) is 0 Å². The first-order valence-electron chi connectivity index (χ1n) is 3.95. The minimum atomic E-state index is -1.88. The van der Waals surface area contributed by atoms with E-state index in [4.69, 9.17) is 24.9 Å². The van der Waals surface area contributed by atoms with E-state index in [-0.39, 0.29) is 0 Å². The second-order valence-electron chi connectivity index (χ2n) is 1.89. The summed E-state index contributed by atoms with van der Waals surface area (Å²) in [4.78, 5) is 0. The van der Waals surface area contributed by atoms with Gasteiger partial charge in [0.05, 0.1) is 6.61 Å². The molecule has 0 aromatic carbocycles. The first kappa shape index (κ1) is 12.1. The third-order valence-corrected chi connectivity index (χ3v) is 2.88. The van der Waals surface area contributed by atoms with Crippen molar-refractivity contribution < 1.29 is 13.3 Å². The van der Waals surface area contributed by atoms with Crippen molar-refractivity contribution in [3.63, 3.8) is 0 Å². The predicted molar refractivity (Wildman–Crippen MR) is 51.3 cm³/mol. The standard InChI is InChI=1S/C7H15ClO3Si/c1-3-9-12(10-4-2)11-7-5-6-8/h5-6,12H,3-4,7H2,1-2H3. The van der Waals surface area contributed by atoms with Crippen LogP contribution in [0.3, 0.4) is 0 Å². The molecule has 0 N–H and O–H groups in total. The summed E-state index contributed by atoms with van der Waals surface area (Å²) >= 11 is 5.31. The minimum absolute atomic E-state index is 0.459. The van der Waals surface area contributed by atoms with Crippen LogP contribution >= 0.6 is 11.6 Å². The van der Waals surface area contributed by atoms with Crippen LogP contribution in [0.15, 0.2) is 11.6 Å². The lowest BCUT2D eigenvalue weighted by atomic mass is 10.7. The lowest BCUT2D eigenvalue weighted by Crippen LogP contribution is -2.27. The van der Waals surface area contributed by atoms with Gasteiger partial charge in [-0.25, -0.2) is 0 Å².